The van der Waals surface area contributed by atoms with Crippen molar-refractivity contribution in [2.24, 2.45) is 0 Å². The number of amides is 3. The van der Waals surface area contributed by atoms with Crippen LogP contribution >= 0.6 is 0 Å². The highest BCUT2D eigenvalue weighted by molar-refractivity contribution is 6.12. The molecule has 3 aromatic rings. The molecule has 6 rings (SSSR count). The van der Waals surface area contributed by atoms with Crippen LogP contribution in [0.4, 0.5) is 29.3 Å². The molecule has 3 aliphatic rings. The number of anilines is 2. The quantitative estimate of drug-likeness (QED) is 0.279. The summed E-state index contributed by atoms with van der Waals surface area (Å²) >= 11 is 0. The van der Waals surface area contributed by atoms with Crippen LogP contribution in [-0.4, -0.2) is 100.0 Å². The second kappa shape index (κ2) is 12.3. The second-order valence-corrected chi connectivity index (χ2v) is 11.0. The zero-order valence-corrected chi connectivity index (χ0v) is 23.5. The fourth-order valence-corrected chi connectivity index (χ4v) is 5.87. The van der Waals surface area contributed by atoms with E-state index in [-0.39, 0.29) is 24.3 Å². The molecule has 0 spiro atoms. The van der Waals surface area contributed by atoms with E-state index in [0.29, 0.717) is 50.0 Å². The van der Waals surface area contributed by atoms with E-state index in [1.807, 2.05) is 6.07 Å². The summed E-state index contributed by atoms with van der Waals surface area (Å²) in [5.74, 6) is 0.0781. The summed E-state index contributed by atoms with van der Waals surface area (Å²) in [6.07, 6.45) is 2.39. The number of fused-ring (bicyclic) bond motifs is 1. The number of aromatic amines is 1. The predicted octanol–water partition coefficient (Wildman–Crippen LogP) is 3.66. The van der Waals surface area contributed by atoms with Gasteiger partial charge in [0.2, 0.25) is 5.88 Å². The van der Waals surface area contributed by atoms with Gasteiger partial charge in [0.15, 0.2) is 5.65 Å². The number of hydrogen-bond donors (Lipinski definition) is 2. The summed E-state index contributed by atoms with van der Waals surface area (Å²) in [5, 5.41) is 11.5. The molecule has 3 aromatic heterocycles. The molecule has 12 nitrogen and oxygen atoms in total. The van der Waals surface area contributed by atoms with Gasteiger partial charge in [-0.1, -0.05) is 0 Å². The van der Waals surface area contributed by atoms with Crippen molar-refractivity contribution in [3.05, 3.63) is 36.3 Å². The molecule has 3 amide bonds. The van der Waals surface area contributed by atoms with Gasteiger partial charge in [0.1, 0.15) is 6.54 Å². The van der Waals surface area contributed by atoms with Gasteiger partial charge in [-0.3, -0.25) is 29.6 Å². The average Bonchev–Trinajstić information content (AvgIpc) is 3.55. The topological polar surface area (TPSA) is 129 Å². The fraction of sp³-hybridized carbons (Fsp3) is 0.536. The minimum absolute atomic E-state index is 0.0476. The normalized spacial score (nSPS) is 22.0. The molecule has 0 bridgehead atoms. The Morgan fingerprint density at radius 3 is 2.63 bits per heavy atom. The standard InChI is InChI=1S/C28H33F3N8O4/c29-28(30,31)18-12-22(16-32-14-18)38-17-24(40)39(27(38)41)21-4-2-19(3-5-21)34-20-13-23-25(33-15-20)35-36-26(23)43-9-1-6-37-7-10-42-11-8-37/h12-16,19,21,34H,1-11,17H2,(H,33,35,36). The smallest absolute Gasteiger partial charge is 0.417 e. The Balaban J connectivity index is 1.02. The van der Waals surface area contributed by atoms with Crippen LogP contribution in [0, 0.1) is 0 Å². The molecule has 0 aromatic carbocycles. The van der Waals surface area contributed by atoms with E-state index in [1.165, 1.54) is 4.90 Å². The lowest BCUT2D eigenvalue weighted by molar-refractivity contribution is -0.137. The number of H-pyrrole nitrogens is 1. The monoisotopic (exact) mass is 602 g/mol. The van der Waals surface area contributed by atoms with Gasteiger partial charge in [0.25, 0.3) is 5.91 Å². The van der Waals surface area contributed by atoms with Crippen LogP contribution in [0.25, 0.3) is 11.0 Å². The zero-order valence-electron chi connectivity index (χ0n) is 23.5. The van der Waals surface area contributed by atoms with Crippen molar-refractivity contribution in [1.29, 1.82) is 0 Å². The first kappa shape index (κ1) is 29.1. The Morgan fingerprint density at radius 2 is 1.86 bits per heavy atom. The van der Waals surface area contributed by atoms with E-state index < -0.39 is 23.7 Å². The van der Waals surface area contributed by atoms with Gasteiger partial charge in [0, 0.05) is 37.9 Å². The van der Waals surface area contributed by atoms with Crippen LogP contribution in [0.3, 0.4) is 0 Å². The van der Waals surface area contributed by atoms with Gasteiger partial charge < -0.3 is 14.8 Å². The molecule has 5 heterocycles. The fourth-order valence-electron chi connectivity index (χ4n) is 5.87. The van der Waals surface area contributed by atoms with Crippen molar-refractivity contribution in [2.45, 2.75) is 50.4 Å². The molecule has 15 heteroatoms. The van der Waals surface area contributed by atoms with E-state index in [2.05, 4.69) is 30.4 Å². The number of carbonyl (C=O) groups is 2. The molecule has 2 aliphatic heterocycles. The number of ether oxygens (including phenoxy) is 2. The summed E-state index contributed by atoms with van der Waals surface area (Å²) in [7, 11) is 0. The van der Waals surface area contributed by atoms with Gasteiger partial charge in [-0.25, -0.2) is 9.78 Å². The zero-order chi connectivity index (χ0) is 30.0. The highest BCUT2D eigenvalue weighted by Crippen LogP contribution is 2.34. The molecular formula is C28H33F3N8O4. The number of imide groups is 1. The molecule has 43 heavy (non-hydrogen) atoms. The van der Waals surface area contributed by atoms with E-state index in [9.17, 15) is 22.8 Å². The van der Waals surface area contributed by atoms with Crippen LogP contribution in [0.5, 0.6) is 5.88 Å². The Bertz CT molecular complexity index is 1450. The highest BCUT2D eigenvalue weighted by atomic mass is 19.4. The molecule has 3 fully saturated rings. The first-order valence-electron chi connectivity index (χ1n) is 14.5. The van der Waals surface area contributed by atoms with Gasteiger partial charge in [-0.2, -0.15) is 13.2 Å². The number of hydrogen-bond acceptors (Lipinski definition) is 9. The van der Waals surface area contributed by atoms with Gasteiger partial charge in [-0.15, -0.1) is 5.10 Å². The number of halogens is 3. The number of alkyl halides is 3. The number of rotatable bonds is 9. The second-order valence-electron chi connectivity index (χ2n) is 11.0. The van der Waals surface area contributed by atoms with Crippen LogP contribution in [0.2, 0.25) is 0 Å². The number of nitrogens with one attached hydrogen (secondary N) is 2. The lowest BCUT2D eigenvalue weighted by Crippen LogP contribution is -2.44. The molecule has 1 saturated carbocycles. The maximum Gasteiger partial charge on any atom is 0.417 e. The maximum absolute atomic E-state index is 13.1. The Kier molecular flexibility index (Phi) is 8.34. The third-order valence-electron chi connectivity index (χ3n) is 8.14. The van der Waals surface area contributed by atoms with Crippen LogP contribution in [0.15, 0.2) is 30.7 Å². The Morgan fingerprint density at radius 1 is 1.07 bits per heavy atom. The van der Waals surface area contributed by atoms with Crippen molar-refractivity contribution in [3.8, 4) is 5.88 Å². The number of carbonyl (C=O) groups excluding carboxylic acids is 2. The number of aromatic nitrogens is 4. The van der Waals surface area contributed by atoms with Gasteiger partial charge in [0.05, 0.1) is 54.5 Å². The Hall–Kier alpha value is -3.98. The minimum atomic E-state index is -4.60. The number of urea groups is 1. The molecular weight excluding hydrogens is 569 g/mol. The van der Waals surface area contributed by atoms with E-state index in [4.69, 9.17) is 9.47 Å². The van der Waals surface area contributed by atoms with E-state index >= 15 is 0 Å². The van der Waals surface area contributed by atoms with Crippen molar-refractivity contribution in [1.82, 2.24) is 30.0 Å². The summed E-state index contributed by atoms with van der Waals surface area (Å²) in [6.45, 7) is 4.57. The molecule has 0 radical (unpaired) electrons. The minimum Gasteiger partial charge on any atom is -0.476 e. The third-order valence-corrected chi connectivity index (χ3v) is 8.14. The van der Waals surface area contributed by atoms with Gasteiger partial charge >= 0.3 is 12.2 Å². The third kappa shape index (κ3) is 6.51. The van der Waals surface area contributed by atoms with Crippen LogP contribution < -0.4 is 15.0 Å². The van der Waals surface area contributed by atoms with Gasteiger partial charge in [-0.05, 0) is 44.2 Å². The first-order valence-corrected chi connectivity index (χ1v) is 14.5. The molecule has 2 saturated heterocycles. The molecule has 2 N–H and O–H groups in total. The first-order chi connectivity index (χ1) is 20.8. The Labute approximate surface area is 245 Å². The van der Waals surface area contributed by atoms with Crippen LogP contribution in [-0.2, 0) is 15.7 Å². The van der Waals surface area contributed by atoms with Crippen molar-refractivity contribution < 1.29 is 32.2 Å². The SMILES string of the molecule is O=C1CN(c2cncc(C(F)(F)F)c2)C(=O)N1C1CCC(Nc2cnc3[nH]nc(OCCCN4CCOCC4)c3c2)CC1. The number of nitrogens with zero attached hydrogens (tertiary/aromatic N) is 6. The lowest BCUT2D eigenvalue weighted by atomic mass is 9.90. The summed E-state index contributed by atoms with van der Waals surface area (Å²) in [4.78, 5) is 38.6. The van der Waals surface area contributed by atoms with Crippen molar-refractivity contribution in [3.63, 3.8) is 0 Å². The summed E-state index contributed by atoms with van der Waals surface area (Å²) in [6, 6.07) is 1.94. The number of pyridine rings is 2. The summed E-state index contributed by atoms with van der Waals surface area (Å²) < 4.78 is 50.8. The molecule has 0 unspecified atom stereocenters. The van der Waals surface area contributed by atoms with Crippen molar-refractivity contribution >= 4 is 34.3 Å². The molecule has 230 valence electrons. The lowest BCUT2D eigenvalue weighted by Gasteiger charge is -2.34. The van der Waals surface area contributed by atoms with E-state index in [1.54, 1.807) is 6.20 Å². The van der Waals surface area contributed by atoms with Crippen molar-refractivity contribution in [2.75, 3.05) is 56.2 Å². The van der Waals surface area contributed by atoms with Crippen LogP contribution in [0.1, 0.15) is 37.7 Å². The average molecular weight is 603 g/mol. The molecule has 0 atom stereocenters. The number of morpholine rings is 1. The molecule has 1 aliphatic carbocycles. The highest BCUT2D eigenvalue weighted by Gasteiger charge is 2.43. The largest absolute Gasteiger partial charge is 0.476 e. The predicted molar refractivity (Wildman–Crippen MR) is 150 cm³/mol. The maximum atomic E-state index is 13.1. The summed E-state index contributed by atoms with van der Waals surface area (Å²) in [5.41, 5.74) is 0.422. The van der Waals surface area contributed by atoms with E-state index in [0.717, 1.165) is 67.5 Å².